The van der Waals surface area contributed by atoms with Crippen molar-refractivity contribution in [2.24, 2.45) is 17.8 Å². The Kier molecular flexibility index (Phi) is 11.1. The molecule has 0 aliphatic rings. The van der Waals surface area contributed by atoms with Crippen LogP contribution in [0.2, 0.25) is 0 Å². The predicted octanol–water partition coefficient (Wildman–Crippen LogP) is 6.45. The van der Waals surface area contributed by atoms with Gasteiger partial charge in [-0.15, -0.1) is 0 Å². The van der Waals surface area contributed by atoms with E-state index in [-0.39, 0.29) is 0 Å². The second kappa shape index (κ2) is 11.1. The summed E-state index contributed by atoms with van der Waals surface area (Å²) in [5.41, 5.74) is 0. The molecular weight excluding hydrogens is 204 g/mol. The topological polar surface area (TPSA) is 0 Å². The molecule has 0 nitrogen and oxygen atoms in total. The molecular formula is C17H36. The highest BCUT2D eigenvalue weighted by Gasteiger charge is 2.14. The lowest BCUT2D eigenvalue weighted by atomic mass is 9.83. The van der Waals surface area contributed by atoms with Crippen LogP contribution in [0.4, 0.5) is 0 Å². The van der Waals surface area contributed by atoms with Crippen LogP contribution >= 0.6 is 0 Å². The average Bonchev–Trinajstić information content (AvgIpc) is 2.31. The SMILES string of the molecule is CCCCCCCCCCC(C)C(C)C(C)C. The molecule has 0 aromatic rings. The first kappa shape index (κ1) is 17.0. The summed E-state index contributed by atoms with van der Waals surface area (Å²) in [5, 5.41) is 0. The second-order valence-electron chi connectivity index (χ2n) is 6.34. The molecule has 2 unspecified atom stereocenters. The first-order valence-electron chi connectivity index (χ1n) is 8.09. The Morgan fingerprint density at radius 3 is 1.59 bits per heavy atom. The molecule has 0 aromatic carbocycles. The molecule has 0 saturated carbocycles. The van der Waals surface area contributed by atoms with Gasteiger partial charge in [-0.1, -0.05) is 92.4 Å². The van der Waals surface area contributed by atoms with Gasteiger partial charge in [-0.05, 0) is 17.8 Å². The zero-order valence-corrected chi connectivity index (χ0v) is 13.1. The predicted molar refractivity (Wildman–Crippen MR) is 80.4 cm³/mol. The molecule has 0 heteroatoms. The third kappa shape index (κ3) is 9.68. The molecule has 0 saturated heterocycles. The van der Waals surface area contributed by atoms with Crippen LogP contribution in [0.1, 0.15) is 92.4 Å². The summed E-state index contributed by atoms with van der Waals surface area (Å²) in [6.45, 7) is 11.9. The highest BCUT2D eigenvalue weighted by Crippen LogP contribution is 2.25. The number of hydrogen-bond donors (Lipinski definition) is 0. The molecule has 104 valence electrons. The van der Waals surface area contributed by atoms with Gasteiger partial charge in [0.25, 0.3) is 0 Å². The molecule has 0 aliphatic heterocycles. The summed E-state index contributed by atoms with van der Waals surface area (Å²) >= 11 is 0. The van der Waals surface area contributed by atoms with E-state index in [9.17, 15) is 0 Å². The lowest BCUT2D eigenvalue weighted by Gasteiger charge is -2.23. The van der Waals surface area contributed by atoms with Gasteiger partial charge in [0.15, 0.2) is 0 Å². The standard InChI is InChI=1S/C17H36/c1-6-7-8-9-10-11-12-13-14-16(4)17(5)15(2)3/h15-17H,6-14H2,1-5H3. The largest absolute Gasteiger partial charge is 0.0654 e. The fraction of sp³-hybridized carbons (Fsp3) is 1.00. The maximum atomic E-state index is 2.44. The molecule has 0 rings (SSSR count). The first-order chi connectivity index (χ1) is 8.09. The zero-order valence-electron chi connectivity index (χ0n) is 13.1. The molecule has 0 N–H and O–H groups in total. The van der Waals surface area contributed by atoms with Crippen molar-refractivity contribution in [2.45, 2.75) is 92.4 Å². The van der Waals surface area contributed by atoms with Gasteiger partial charge in [-0.25, -0.2) is 0 Å². The van der Waals surface area contributed by atoms with Gasteiger partial charge in [0.2, 0.25) is 0 Å². The molecule has 0 spiro atoms. The molecule has 0 aromatic heterocycles. The molecule has 0 heterocycles. The van der Waals surface area contributed by atoms with Crippen molar-refractivity contribution < 1.29 is 0 Å². The van der Waals surface area contributed by atoms with Gasteiger partial charge in [-0.3, -0.25) is 0 Å². The van der Waals surface area contributed by atoms with Crippen LogP contribution < -0.4 is 0 Å². The fourth-order valence-electron chi connectivity index (χ4n) is 2.52. The Balaban J connectivity index is 3.27. The highest BCUT2D eigenvalue weighted by atomic mass is 14.2. The smallest absolute Gasteiger partial charge is 0.0394 e. The van der Waals surface area contributed by atoms with Crippen LogP contribution in [-0.4, -0.2) is 0 Å². The van der Waals surface area contributed by atoms with E-state index >= 15 is 0 Å². The zero-order chi connectivity index (χ0) is 13.1. The summed E-state index contributed by atoms with van der Waals surface area (Å²) in [6.07, 6.45) is 13.0. The minimum Gasteiger partial charge on any atom is -0.0654 e. The van der Waals surface area contributed by atoms with Gasteiger partial charge < -0.3 is 0 Å². The van der Waals surface area contributed by atoms with E-state index in [0.717, 1.165) is 17.8 Å². The third-order valence-corrected chi connectivity index (χ3v) is 4.46. The average molecular weight is 240 g/mol. The minimum atomic E-state index is 0.846. The van der Waals surface area contributed by atoms with Crippen molar-refractivity contribution in [1.29, 1.82) is 0 Å². The van der Waals surface area contributed by atoms with E-state index in [0.29, 0.717) is 0 Å². The molecule has 17 heavy (non-hydrogen) atoms. The van der Waals surface area contributed by atoms with Crippen molar-refractivity contribution in [3.05, 3.63) is 0 Å². The molecule has 2 atom stereocenters. The van der Waals surface area contributed by atoms with E-state index in [2.05, 4.69) is 34.6 Å². The molecule has 0 amide bonds. The fourth-order valence-corrected chi connectivity index (χ4v) is 2.52. The number of unbranched alkanes of at least 4 members (excludes halogenated alkanes) is 7. The third-order valence-electron chi connectivity index (χ3n) is 4.46. The number of rotatable bonds is 11. The lowest BCUT2D eigenvalue weighted by Crippen LogP contribution is -2.14. The van der Waals surface area contributed by atoms with Crippen molar-refractivity contribution in [2.75, 3.05) is 0 Å². The highest BCUT2D eigenvalue weighted by molar-refractivity contribution is 4.65. The van der Waals surface area contributed by atoms with Crippen LogP contribution in [0.25, 0.3) is 0 Å². The van der Waals surface area contributed by atoms with Crippen molar-refractivity contribution in [1.82, 2.24) is 0 Å². The van der Waals surface area contributed by atoms with Crippen LogP contribution in [-0.2, 0) is 0 Å². The summed E-state index contributed by atoms with van der Waals surface area (Å²) in [7, 11) is 0. The van der Waals surface area contributed by atoms with Crippen molar-refractivity contribution in [3.63, 3.8) is 0 Å². The Bertz CT molecular complexity index is 148. The van der Waals surface area contributed by atoms with E-state index in [1.807, 2.05) is 0 Å². The van der Waals surface area contributed by atoms with E-state index in [1.165, 1.54) is 57.8 Å². The summed E-state index contributed by atoms with van der Waals surface area (Å²) in [5.74, 6) is 2.65. The van der Waals surface area contributed by atoms with Gasteiger partial charge in [0.1, 0.15) is 0 Å². The van der Waals surface area contributed by atoms with Gasteiger partial charge in [0.05, 0.1) is 0 Å². The summed E-state index contributed by atoms with van der Waals surface area (Å²) in [6, 6.07) is 0. The Morgan fingerprint density at radius 2 is 1.12 bits per heavy atom. The van der Waals surface area contributed by atoms with Gasteiger partial charge >= 0.3 is 0 Å². The van der Waals surface area contributed by atoms with Crippen molar-refractivity contribution >= 4 is 0 Å². The molecule has 0 bridgehead atoms. The quantitative estimate of drug-likeness (QED) is 0.364. The van der Waals surface area contributed by atoms with Crippen LogP contribution in [0.5, 0.6) is 0 Å². The van der Waals surface area contributed by atoms with Crippen LogP contribution in [0, 0.1) is 17.8 Å². The normalized spacial score (nSPS) is 15.2. The molecule has 0 fully saturated rings. The van der Waals surface area contributed by atoms with Crippen LogP contribution in [0.3, 0.4) is 0 Å². The van der Waals surface area contributed by atoms with Crippen molar-refractivity contribution in [3.8, 4) is 0 Å². The van der Waals surface area contributed by atoms with E-state index in [1.54, 1.807) is 0 Å². The second-order valence-corrected chi connectivity index (χ2v) is 6.34. The molecule has 0 aliphatic carbocycles. The minimum absolute atomic E-state index is 0.846. The van der Waals surface area contributed by atoms with E-state index in [4.69, 9.17) is 0 Å². The maximum Gasteiger partial charge on any atom is -0.0394 e. The van der Waals surface area contributed by atoms with Crippen LogP contribution in [0.15, 0.2) is 0 Å². The Labute approximate surface area is 111 Å². The first-order valence-corrected chi connectivity index (χ1v) is 8.09. The van der Waals surface area contributed by atoms with Gasteiger partial charge in [0, 0.05) is 0 Å². The van der Waals surface area contributed by atoms with Gasteiger partial charge in [-0.2, -0.15) is 0 Å². The Morgan fingerprint density at radius 1 is 0.647 bits per heavy atom. The summed E-state index contributed by atoms with van der Waals surface area (Å²) < 4.78 is 0. The Hall–Kier alpha value is 0. The molecule has 0 radical (unpaired) electrons. The lowest BCUT2D eigenvalue weighted by molar-refractivity contribution is 0.275. The maximum absolute atomic E-state index is 2.44. The summed E-state index contributed by atoms with van der Waals surface area (Å²) in [4.78, 5) is 0. The number of hydrogen-bond acceptors (Lipinski definition) is 0. The van der Waals surface area contributed by atoms with E-state index < -0.39 is 0 Å². The monoisotopic (exact) mass is 240 g/mol.